The molecule has 0 aliphatic heterocycles. The van der Waals surface area contributed by atoms with Gasteiger partial charge in [0.25, 0.3) is 0 Å². The zero-order valence-corrected chi connectivity index (χ0v) is 19.6. The molecule has 0 aliphatic carbocycles. The molecular formula is C24H37NOSi. The van der Waals surface area contributed by atoms with E-state index in [0.29, 0.717) is 11.3 Å². The first kappa shape index (κ1) is 21.6. The summed E-state index contributed by atoms with van der Waals surface area (Å²) in [6.45, 7) is 20.4. The topological polar surface area (TPSA) is 46.2 Å². The van der Waals surface area contributed by atoms with Crippen molar-refractivity contribution in [1.82, 2.24) is 0 Å². The predicted molar refractivity (Wildman–Crippen MR) is 122 cm³/mol. The minimum Gasteiger partial charge on any atom is -0.508 e. The van der Waals surface area contributed by atoms with E-state index in [1.165, 1.54) is 16.3 Å². The first-order chi connectivity index (χ1) is 12.2. The van der Waals surface area contributed by atoms with Gasteiger partial charge in [0.2, 0.25) is 0 Å². The number of nitrogen functional groups attached to an aromatic ring is 1. The van der Waals surface area contributed by atoms with Gasteiger partial charge in [-0.15, -0.1) is 0 Å². The summed E-state index contributed by atoms with van der Waals surface area (Å²) in [6, 6.07) is 12.7. The van der Waals surface area contributed by atoms with Gasteiger partial charge in [0.1, 0.15) is 5.75 Å². The first-order valence-corrected chi connectivity index (χ1v) is 13.0. The lowest BCUT2D eigenvalue weighted by Gasteiger charge is -2.36. The van der Waals surface area contributed by atoms with Gasteiger partial charge in [-0.1, -0.05) is 84.9 Å². The van der Waals surface area contributed by atoms with Gasteiger partial charge in [0, 0.05) is 5.69 Å². The summed E-state index contributed by atoms with van der Waals surface area (Å²) < 4.78 is 0. The summed E-state index contributed by atoms with van der Waals surface area (Å²) in [5.41, 5.74) is 10.7. The van der Waals surface area contributed by atoms with Crippen molar-refractivity contribution < 1.29 is 5.11 Å². The monoisotopic (exact) mass is 383 g/mol. The maximum absolute atomic E-state index is 10.7. The fourth-order valence-corrected chi connectivity index (χ4v) is 6.31. The molecule has 0 radical (unpaired) electrons. The molecule has 1 unspecified atom stereocenters. The number of phenols is 1. The zero-order chi connectivity index (χ0) is 20.8. The van der Waals surface area contributed by atoms with Crippen molar-refractivity contribution in [3.63, 3.8) is 0 Å². The van der Waals surface area contributed by atoms with Crippen molar-refractivity contribution in [2.75, 3.05) is 5.73 Å². The second-order valence-corrected chi connectivity index (χ2v) is 15.4. The smallest absolute Gasteiger partial charge is 0.119 e. The third-order valence-electron chi connectivity index (χ3n) is 5.99. The Morgan fingerprint density at radius 1 is 0.852 bits per heavy atom. The maximum atomic E-state index is 10.7. The lowest BCUT2D eigenvalue weighted by atomic mass is 9.78. The summed E-state index contributed by atoms with van der Waals surface area (Å²) in [6.07, 6.45) is 0. The minimum absolute atomic E-state index is 0.0247. The normalized spacial score (nSPS) is 14.3. The number of hydrogen-bond acceptors (Lipinski definition) is 2. The molecule has 148 valence electrons. The van der Waals surface area contributed by atoms with Gasteiger partial charge in [-0.25, -0.2) is 0 Å². The molecule has 3 heteroatoms. The molecule has 0 spiro atoms. The minimum atomic E-state index is -1.79. The Hall–Kier alpha value is -1.74. The van der Waals surface area contributed by atoms with E-state index in [4.69, 9.17) is 5.73 Å². The Balaban J connectivity index is 2.68. The van der Waals surface area contributed by atoms with E-state index in [9.17, 15) is 5.11 Å². The molecule has 0 saturated heterocycles. The molecule has 0 fully saturated rings. The van der Waals surface area contributed by atoms with Gasteiger partial charge in [-0.05, 0) is 51.3 Å². The number of aromatic hydroxyl groups is 1. The van der Waals surface area contributed by atoms with Crippen LogP contribution in [0.25, 0.3) is 0 Å². The fraction of sp³-hybridized carbons (Fsp3) is 0.500. The summed E-state index contributed by atoms with van der Waals surface area (Å²) in [7, 11) is -1.79. The van der Waals surface area contributed by atoms with E-state index in [-0.39, 0.29) is 10.8 Å². The van der Waals surface area contributed by atoms with Crippen LogP contribution in [0.5, 0.6) is 5.75 Å². The Morgan fingerprint density at radius 3 is 1.78 bits per heavy atom. The van der Waals surface area contributed by atoms with Crippen molar-refractivity contribution in [1.29, 1.82) is 0 Å². The molecule has 3 N–H and O–H groups in total. The third kappa shape index (κ3) is 4.40. The molecule has 0 saturated carbocycles. The number of rotatable bonds is 3. The van der Waals surface area contributed by atoms with Crippen LogP contribution in [-0.2, 0) is 10.8 Å². The Labute approximate surface area is 166 Å². The van der Waals surface area contributed by atoms with Crippen molar-refractivity contribution in [3.8, 4) is 5.75 Å². The van der Waals surface area contributed by atoms with Crippen LogP contribution in [0.1, 0.15) is 70.7 Å². The van der Waals surface area contributed by atoms with E-state index in [1.807, 2.05) is 18.2 Å². The van der Waals surface area contributed by atoms with Crippen LogP contribution in [0.15, 0.2) is 36.4 Å². The van der Waals surface area contributed by atoms with Gasteiger partial charge in [0.15, 0.2) is 0 Å². The molecule has 2 aromatic carbocycles. The third-order valence-corrected chi connectivity index (χ3v) is 10.3. The SMILES string of the molecule is CC(c1cc(C(C)(C)C)c(O)cc1C(C)(C)C)[Si](C)(C)c1ccc(N)cc1. The Kier molecular flexibility index (Phi) is 5.60. The largest absolute Gasteiger partial charge is 0.508 e. The highest BCUT2D eigenvalue weighted by atomic mass is 28.3. The van der Waals surface area contributed by atoms with Crippen LogP contribution in [-0.4, -0.2) is 13.2 Å². The van der Waals surface area contributed by atoms with E-state index in [2.05, 4.69) is 79.8 Å². The molecule has 0 bridgehead atoms. The van der Waals surface area contributed by atoms with Gasteiger partial charge in [-0.2, -0.15) is 0 Å². The van der Waals surface area contributed by atoms with Gasteiger partial charge in [0.05, 0.1) is 8.07 Å². The summed E-state index contributed by atoms with van der Waals surface area (Å²) in [4.78, 5) is 0. The summed E-state index contributed by atoms with van der Waals surface area (Å²) in [5.74, 6) is 0.412. The highest BCUT2D eigenvalue weighted by Gasteiger charge is 2.36. The zero-order valence-electron chi connectivity index (χ0n) is 18.6. The number of phenolic OH excluding ortho intramolecular Hbond substituents is 1. The number of benzene rings is 2. The molecule has 2 rings (SSSR count). The molecule has 0 aromatic heterocycles. The molecule has 27 heavy (non-hydrogen) atoms. The van der Waals surface area contributed by atoms with Crippen LogP contribution >= 0.6 is 0 Å². The van der Waals surface area contributed by atoms with Crippen LogP contribution in [0, 0.1) is 0 Å². The Bertz CT molecular complexity index is 808. The second-order valence-electron chi connectivity index (χ2n) is 10.5. The van der Waals surface area contributed by atoms with Gasteiger partial charge >= 0.3 is 0 Å². The van der Waals surface area contributed by atoms with Crippen molar-refractivity contribution in [2.45, 2.75) is 77.9 Å². The molecule has 0 aliphatic rings. The summed E-state index contributed by atoms with van der Waals surface area (Å²) in [5, 5.41) is 12.2. The molecule has 0 amide bonds. The quantitative estimate of drug-likeness (QED) is 0.517. The molecule has 1 atom stereocenters. The van der Waals surface area contributed by atoms with Crippen molar-refractivity contribution in [3.05, 3.63) is 53.1 Å². The first-order valence-electron chi connectivity index (χ1n) is 9.89. The molecular weight excluding hydrogens is 346 g/mol. The molecule has 2 aromatic rings. The van der Waals surface area contributed by atoms with E-state index in [0.717, 1.165) is 11.3 Å². The Morgan fingerprint density at radius 2 is 1.33 bits per heavy atom. The predicted octanol–water partition coefficient (Wildman–Crippen LogP) is 5.83. The average molecular weight is 384 g/mol. The maximum Gasteiger partial charge on any atom is 0.119 e. The standard InChI is InChI=1S/C24H37NOSi/c1-16(27(8,9)18-12-10-17(25)11-13-18)19-14-21(24(5,6)7)22(26)15-20(19)23(2,3)4/h10-16,26H,25H2,1-9H3. The molecule has 0 heterocycles. The van der Waals surface area contributed by atoms with Gasteiger partial charge in [-0.3, -0.25) is 0 Å². The number of anilines is 1. The second kappa shape index (κ2) is 7.01. The highest BCUT2D eigenvalue weighted by molar-refractivity contribution is 6.90. The lowest BCUT2D eigenvalue weighted by molar-refractivity contribution is 0.442. The van der Waals surface area contributed by atoms with Crippen LogP contribution in [0.2, 0.25) is 13.1 Å². The van der Waals surface area contributed by atoms with Crippen LogP contribution in [0.4, 0.5) is 5.69 Å². The number of nitrogens with two attached hydrogens (primary N) is 1. The van der Waals surface area contributed by atoms with Crippen molar-refractivity contribution in [2.24, 2.45) is 0 Å². The van der Waals surface area contributed by atoms with E-state index >= 15 is 0 Å². The van der Waals surface area contributed by atoms with Crippen molar-refractivity contribution >= 4 is 18.9 Å². The highest BCUT2D eigenvalue weighted by Crippen LogP contribution is 2.41. The van der Waals surface area contributed by atoms with E-state index in [1.54, 1.807) is 0 Å². The van der Waals surface area contributed by atoms with Gasteiger partial charge < -0.3 is 10.8 Å². The summed E-state index contributed by atoms with van der Waals surface area (Å²) >= 11 is 0. The van der Waals surface area contributed by atoms with E-state index < -0.39 is 8.07 Å². The molecule has 2 nitrogen and oxygen atoms in total. The van der Waals surface area contributed by atoms with Crippen LogP contribution in [0.3, 0.4) is 0 Å². The number of hydrogen-bond donors (Lipinski definition) is 2. The fourth-order valence-electron chi connectivity index (χ4n) is 3.76. The average Bonchev–Trinajstić information content (AvgIpc) is 2.52. The van der Waals surface area contributed by atoms with Crippen LogP contribution < -0.4 is 10.9 Å². The lowest BCUT2D eigenvalue weighted by Crippen LogP contribution is -2.47.